The highest BCUT2D eigenvalue weighted by molar-refractivity contribution is 5.94. The van der Waals surface area contributed by atoms with Crippen molar-refractivity contribution in [1.29, 1.82) is 0 Å². The summed E-state index contributed by atoms with van der Waals surface area (Å²) in [7, 11) is 0. The van der Waals surface area contributed by atoms with Crippen LogP contribution in [0.4, 0.5) is 5.69 Å². The van der Waals surface area contributed by atoms with E-state index in [-0.39, 0.29) is 17.8 Å². The number of hydrogen-bond acceptors (Lipinski definition) is 3. The molecule has 0 heterocycles. The molecule has 19 heavy (non-hydrogen) atoms. The molecule has 1 aromatic carbocycles. The lowest BCUT2D eigenvalue weighted by Gasteiger charge is -2.10. The van der Waals surface area contributed by atoms with Crippen molar-refractivity contribution in [1.82, 2.24) is 0 Å². The largest absolute Gasteiger partial charge is 0.462 e. The van der Waals surface area contributed by atoms with Crippen molar-refractivity contribution in [2.45, 2.75) is 33.6 Å². The lowest BCUT2D eigenvalue weighted by atomic mass is 10.1. The van der Waals surface area contributed by atoms with Crippen molar-refractivity contribution in [2.75, 3.05) is 11.9 Å². The first-order valence-electron chi connectivity index (χ1n) is 6.66. The Morgan fingerprint density at radius 2 is 1.84 bits per heavy atom. The smallest absolute Gasteiger partial charge is 0.338 e. The fourth-order valence-corrected chi connectivity index (χ4v) is 1.42. The van der Waals surface area contributed by atoms with Crippen molar-refractivity contribution < 1.29 is 14.3 Å². The van der Waals surface area contributed by atoms with Gasteiger partial charge in [-0.25, -0.2) is 4.79 Å². The molecule has 0 aliphatic heterocycles. The summed E-state index contributed by atoms with van der Waals surface area (Å²) in [6, 6.07) is 6.74. The molecule has 1 N–H and O–H groups in total. The molecule has 0 fully saturated rings. The first kappa shape index (κ1) is 15.2. The maximum atomic E-state index is 11.7. The van der Waals surface area contributed by atoms with Crippen LogP contribution in [0.2, 0.25) is 0 Å². The Labute approximate surface area is 114 Å². The van der Waals surface area contributed by atoms with Crippen LogP contribution < -0.4 is 5.32 Å². The van der Waals surface area contributed by atoms with Gasteiger partial charge in [0.05, 0.1) is 12.2 Å². The minimum Gasteiger partial charge on any atom is -0.462 e. The number of anilines is 1. The van der Waals surface area contributed by atoms with Gasteiger partial charge in [-0.3, -0.25) is 4.79 Å². The van der Waals surface area contributed by atoms with Gasteiger partial charge in [-0.05, 0) is 37.1 Å². The quantitative estimate of drug-likeness (QED) is 0.802. The van der Waals surface area contributed by atoms with E-state index in [4.69, 9.17) is 4.74 Å². The van der Waals surface area contributed by atoms with Crippen LogP contribution in [0.25, 0.3) is 0 Å². The van der Waals surface area contributed by atoms with E-state index in [2.05, 4.69) is 5.32 Å². The number of nitrogens with one attached hydrogen (secondary N) is 1. The van der Waals surface area contributed by atoms with Crippen LogP contribution in [0.1, 0.15) is 44.0 Å². The number of esters is 1. The Hall–Kier alpha value is -1.84. The van der Waals surface area contributed by atoms with Crippen LogP contribution in [-0.2, 0) is 9.53 Å². The van der Waals surface area contributed by atoms with Crippen LogP contribution in [0.5, 0.6) is 0 Å². The van der Waals surface area contributed by atoms with Gasteiger partial charge in [0.1, 0.15) is 0 Å². The highest BCUT2D eigenvalue weighted by atomic mass is 16.5. The van der Waals surface area contributed by atoms with Gasteiger partial charge in [0.15, 0.2) is 0 Å². The second kappa shape index (κ2) is 7.56. The summed E-state index contributed by atoms with van der Waals surface area (Å²) >= 11 is 0. The minimum absolute atomic E-state index is 0.0104. The average molecular weight is 263 g/mol. The summed E-state index contributed by atoms with van der Waals surface area (Å²) in [5.74, 6) is -0.361. The Morgan fingerprint density at radius 3 is 2.37 bits per heavy atom. The number of hydrogen-bond donors (Lipinski definition) is 1. The molecule has 1 rings (SSSR count). The zero-order chi connectivity index (χ0) is 14.3. The summed E-state index contributed by atoms with van der Waals surface area (Å²) in [4.78, 5) is 23.3. The van der Waals surface area contributed by atoms with E-state index in [1.165, 1.54) is 0 Å². The number of ether oxygens (including phenoxy) is 1. The summed E-state index contributed by atoms with van der Waals surface area (Å²) in [5, 5.41) is 2.81. The van der Waals surface area contributed by atoms with Crippen LogP contribution in [0, 0.1) is 5.92 Å². The van der Waals surface area contributed by atoms with E-state index in [0.29, 0.717) is 17.9 Å². The van der Waals surface area contributed by atoms with Gasteiger partial charge in [-0.15, -0.1) is 0 Å². The summed E-state index contributed by atoms with van der Waals surface area (Å²) in [6.45, 7) is 6.22. The highest BCUT2D eigenvalue weighted by Gasteiger charge is 2.11. The fourth-order valence-electron chi connectivity index (χ4n) is 1.42. The lowest BCUT2D eigenvalue weighted by Crippen LogP contribution is -2.19. The second-order valence-electron chi connectivity index (χ2n) is 4.51. The average Bonchev–Trinajstić information content (AvgIpc) is 2.44. The van der Waals surface area contributed by atoms with Gasteiger partial charge < -0.3 is 10.1 Å². The lowest BCUT2D eigenvalue weighted by molar-refractivity contribution is -0.119. The molecule has 0 aliphatic rings. The van der Waals surface area contributed by atoms with Crippen LogP contribution in [-0.4, -0.2) is 18.5 Å². The van der Waals surface area contributed by atoms with Gasteiger partial charge in [0.2, 0.25) is 5.91 Å². The van der Waals surface area contributed by atoms with E-state index >= 15 is 0 Å². The molecule has 104 valence electrons. The zero-order valence-electron chi connectivity index (χ0n) is 11.7. The molecule has 1 aromatic rings. The van der Waals surface area contributed by atoms with Crippen LogP contribution in [0.3, 0.4) is 0 Å². The van der Waals surface area contributed by atoms with Crippen molar-refractivity contribution in [2.24, 2.45) is 5.92 Å². The van der Waals surface area contributed by atoms with Gasteiger partial charge in [0.25, 0.3) is 0 Å². The van der Waals surface area contributed by atoms with E-state index < -0.39 is 0 Å². The molecule has 0 spiro atoms. The van der Waals surface area contributed by atoms with E-state index in [1.807, 2.05) is 20.8 Å². The Kier molecular flexibility index (Phi) is 6.06. The SMILES string of the molecule is CCCOC(=O)c1ccc(NC(=O)[C@@H](C)CC)cc1. The predicted molar refractivity (Wildman–Crippen MR) is 75.1 cm³/mol. The second-order valence-corrected chi connectivity index (χ2v) is 4.51. The molecular weight excluding hydrogens is 242 g/mol. The molecule has 1 atom stereocenters. The fraction of sp³-hybridized carbons (Fsp3) is 0.467. The predicted octanol–water partition coefficient (Wildman–Crippen LogP) is 3.24. The number of amides is 1. The van der Waals surface area contributed by atoms with E-state index in [0.717, 1.165) is 12.8 Å². The molecule has 0 radical (unpaired) electrons. The van der Waals surface area contributed by atoms with Gasteiger partial charge >= 0.3 is 5.97 Å². The maximum Gasteiger partial charge on any atom is 0.338 e. The maximum absolute atomic E-state index is 11.7. The molecule has 0 aromatic heterocycles. The van der Waals surface area contributed by atoms with Crippen molar-refractivity contribution in [3.8, 4) is 0 Å². The first-order chi connectivity index (χ1) is 9.08. The molecule has 0 saturated carbocycles. The summed E-state index contributed by atoms with van der Waals surface area (Å²) < 4.78 is 5.03. The Morgan fingerprint density at radius 1 is 1.21 bits per heavy atom. The van der Waals surface area contributed by atoms with Gasteiger partial charge in [0, 0.05) is 11.6 Å². The standard InChI is InChI=1S/C15H21NO3/c1-4-10-19-15(18)12-6-8-13(9-7-12)16-14(17)11(3)5-2/h6-9,11H,4-5,10H2,1-3H3,(H,16,17)/t11-/m0/s1. The van der Waals surface area contributed by atoms with Gasteiger partial charge in [-0.2, -0.15) is 0 Å². The third kappa shape index (κ3) is 4.73. The number of rotatable bonds is 6. The third-order valence-electron chi connectivity index (χ3n) is 2.89. The first-order valence-corrected chi connectivity index (χ1v) is 6.66. The molecule has 4 heteroatoms. The van der Waals surface area contributed by atoms with Crippen LogP contribution in [0.15, 0.2) is 24.3 Å². The molecule has 0 saturated heterocycles. The summed E-state index contributed by atoms with van der Waals surface area (Å²) in [5.41, 5.74) is 1.19. The number of carbonyl (C=O) groups excluding carboxylic acids is 2. The van der Waals surface area contributed by atoms with E-state index in [9.17, 15) is 9.59 Å². The highest BCUT2D eigenvalue weighted by Crippen LogP contribution is 2.13. The van der Waals surface area contributed by atoms with Crippen molar-refractivity contribution in [3.05, 3.63) is 29.8 Å². The topological polar surface area (TPSA) is 55.4 Å². The van der Waals surface area contributed by atoms with Crippen molar-refractivity contribution in [3.63, 3.8) is 0 Å². The molecule has 0 unspecified atom stereocenters. The zero-order valence-corrected chi connectivity index (χ0v) is 11.7. The van der Waals surface area contributed by atoms with Crippen LogP contribution >= 0.6 is 0 Å². The van der Waals surface area contributed by atoms with Gasteiger partial charge in [-0.1, -0.05) is 20.8 Å². The summed E-state index contributed by atoms with van der Waals surface area (Å²) in [6.07, 6.45) is 1.60. The molecule has 0 aliphatic carbocycles. The minimum atomic E-state index is -0.332. The Balaban J connectivity index is 2.61. The monoisotopic (exact) mass is 263 g/mol. The molecule has 4 nitrogen and oxygen atoms in total. The normalized spacial score (nSPS) is 11.7. The Bertz CT molecular complexity index is 426. The molecule has 1 amide bonds. The number of carbonyl (C=O) groups is 2. The van der Waals surface area contributed by atoms with E-state index in [1.54, 1.807) is 24.3 Å². The number of benzene rings is 1. The van der Waals surface area contributed by atoms with Crippen molar-refractivity contribution >= 4 is 17.6 Å². The molecular formula is C15H21NO3. The third-order valence-corrected chi connectivity index (χ3v) is 2.89. The molecule has 0 bridgehead atoms.